The number of hydrogen-bond acceptors (Lipinski definition) is 0. The van der Waals surface area contributed by atoms with Gasteiger partial charge in [-0.25, -0.2) is 4.39 Å². The first-order valence-corrected chi connectivity index (χ1v) is 7.53. The van der Waals surface area contributed by atoms with Crippen molar-refractivity contribution in [3.63, 3.8) is 0 Å². The molecule has 2 rings (SSSR count). The summed E-state index contributed by atoms with van der Waals surface area (Å²) in [7, 11) is -8.02. The first-order valence-electron chi connectivity index (χ1n) is 6.31. The van der Waals surface area contributed by atoms with E-state index in [1.54, 1.807) is 26.8 Å². The molecule has 0 N–H and O–H groups in total. The molecule has 0 aliphatic heterocycles. The fourth-order valence-corrected chi connectivity index (χ4v) is 4.08. The predicted octanol–water partition coefficient (Wildman–Crippen LogP) is 6.80. The van der Waals surface area contributed by atoms with Crippen molar-refractivity contribution in [3.05, 3.63) is 35.0 Å². The molecule has 0 spiro atoms. The highest BCUT2D eigenvalue weighted by Gasteiger charge is 2.50. The molecule has 0 amide bonds. The van der Waals surface area contributed by atoms with E-state index in [0.717, 1.165) is 6.07 Å². The van der Waals surface area contributed by atoms with Gasteiger partial charge < -0.3 is 17.3 Å². The minimum absolute atomic E-state index is 0.0485. The van der Waals surface area contributed by atoms with Gasteiger partial charge in [0, 0.05) is 22.9 Å². The summed E-state index contributed by atoms with van der Waals surface area (Å²) in [6.07, 6.45) is 0. The van der Waals surface area contributed by atoms with Crippen molar-refractivity contribution in [2.24, 2.45) is 0 Å². The molecule has 1 heterocycles. The summed E-state index contributed by atoms with van der Waals surface area (Å²) in [5, 5.41) is 0.474. The van der Waals surface area contributed by atoms with Gasteiger partial charge in [0.25, 0.3) is 0 Å². The predicted molar refractivity (Wildman–Crippen MR) is 76.6 cm³/mol. The molecule has 0 nitrogen and oxygen atoms in total. The summed E-state index contributed by atoms with van der Waals surface area (Å²) < 4.78 is 91.8. The van der Waals surface area contributed by atoms with Crippen molar-refractivity contribution >= 4 is 27.8 Å². The third-order valence-corrected chi connectivity index (χ3v) is 5.10. The number of thiophene rings is 1. The zero-order chi connectivity index (χ0) is 18.2. The Hall–Kier alpha value is -1.32. The maximum atomic E-state index is 13.2. The standard InChI is InChI=1S/C13H13F4S.BF4/c1-12(2,3)11-6-8-4-5-9(14)7-10(8)18(11)13(15,16)17;2-1(3,4)5/h4-7H,1-3H3;/q+1;-1. The number of fused-ring (bicyclic) bond motifs is 1. The van der Waals surface area contributed by atoms with Crippen molar-refractivity contribution in [1.29, 1.82) is 0 Å². The SMILES string of the molecule is CC(C)(C)c1cc2ccc(F)cc2[s+]1C(F)(F)F.F[B-](F)(F)F. The third kappa shape index (κ3) is 5.67. The Bertz CT molecular complexity index is 672. The van der Waals surface area contributed by atoms with E-state index in [-0.39, 0.29) is 4.70 Å². The second kappa shape index (κ2) is 6.29. The molecule has 0 fully saturated rings. The molecule has 23 heavy (non-hydrogen) atoms. The van der Waals surface area contributed by atoms with E-state index >= 15 is 0 Å². The van der Waals surface area contributed by atoms with Gasteiger partial charge in [0.15, 0.2) is 9.58 Å². The molecule has 0 saturated heterocycles. The molecule has 0 aliphatic rings. The highest BCUT2D eigenvalue weighted by molar-refractivity contribution is 7.38. The Kier molecular flexibility index (Phi) is 5.40. The normalized spacial score (nSPS) is 13.8. The van der Waals surface area contributed by atoms with Crippen LogP contribution in [-0.2, 0) is 10.9 Å². The molecule has 1 aromatic carbocycles. The molecule has 1 aromatic heterocycles. The Balaban J connectivity index is 0.000000463. The monoisotopic (exact) mass is 364 g/mol. The van der Waals surface area contributed by atoms with Crippen LogP contribution in [0.1, 0.15) is 25.6 Å². The largest absolute Gasteiger partial charge is 0.673 e. The summed E-state index contributed by atoms with van der Waals surface area (Å²) in [6, 6.07) is 5.15. The van der Waals surface area contributed by atoms with Gasteiger partial charge in [-0.15, -0.1) is 13.2 Å². The molecule has 1 atom stereocenters. The number of alkyl halides is 3. The number of hydrogen-bond donors (Lipinski definition) is 0. The van der Waals surface area contributed by atoms with Gasteiger partial charge in [0.05, 0.1) is 10.5 Å². The molecule has 0 bridgehead atoms. The smallest absolute Gasteiger partial charge is 0.418 e. The first-order chi connectivity index (χ1) is 10.1. The van der Waals surface area contributed by atoms with Crippen LogP contribution in [0.3, 0.4) is 0 Å². The number of halogens is 8. The second-order valence-corrected chi connectivity index (χ2v) is 7.64. The first kappa shape index (κ1) is 19.7. The van der Waals surface area contributed by atoms with Crippen LogP contribution in [0.2, 0.25) is 0 Å². The quantitative estimate of drug-likeness (QED) is 0.274. The van der Waals surface area contributed by atoms with Crippen LogP contribution in [0.15, 0.2) is 24.3 Å². The lowest BCUT2D eigenvalue weighted by atomic mass is 9.94. The van der Waals surface area contributed by atoms with Crippen LogP contribution in [0, 0.1) is 5.82 Å². The molecule has 0 aliphatic carbocycles. The highest BCUT2D eigenvalue weighted by Crippen LogP contribution is 2.54. The zero-order valence-electron chi connectivity index (χ0n) is 12.3. The Morgan fingerprint density at radius 3 is 1.78 bits per heavy atom. The van der Waals surface area contributed by atoms with Crippen molar-refractivity contribution in [2.75, 3.05) is 0 Å². The van der Waals surface area contributed by atoms with Gasteiger partial charge in [0.1, 0.15) is 5.82 Å². The Morgan fingerprint density at radius 1 is 0.913 bits per heavy atom. The van der Waals surface area contributed by atoms with Gasteiger partial charge in [-0.3, -0.25) is 0 Å². The van der Waals surface area contributed by atoms with Crippen molar-refractivity contribution in [1.82, 2.24) is 0 Å². The zero-order valence-corrected chi connectivity index (χ0v) is 13.1. The summed E-state index contributed by atoms with van der Waals surface area (Å²) in [5.74, 6) is -0.626. The topological polar surface area (TPSA) is 0 Å². The average molecular weight is 364 g/mol. The van der Waals surface area contributed by atoms with Crippen molar-refractivity contribution < 1.29 is 34.8 Å². The lowest BCUT2D eigenvalue weighted by Crippen LogP contribution is -2.12. The molecule has 2 aromatic rings. The van der Waals surface area contributed by atoms with Crippen molar-refractivity contribution in [2.45, 2.75) is 31.7 Å². The second-order valence-electron chi connectivity index (χ2n) is 5.69. The fraction of sp³-hybridized carbons (Fsp3) is 0.385. The molecule has 10 heteroatoms. The summed E-state index contributed by atoms with van der Waals surface area (Å²) in [5.41, 5.74) is -4.95. The molecule has 130 valence electrons. The average Bonchev–Trinajstić information content (AvgIpc) is 2.63. The highest BCUT2D eigenvalue weighted by atomic mass is 32.2. The lowest BCUT2D eigenvalue weighted by molar-refractivity contribution is -0.0869. The van der Waals surface area contributed by atoms with Gasteiger partial charge in [-0.05, 0) is 12.1 Å². The van der Waals surface area contributed by atoms with Crippen LogP contribution >= 0.6 is 10.5 Å². The Labute approximate surface area is 130 Å². The van der Waals surface area contributed by atoms with Crippen molar-refractivity contribution in [3.8, 4) is 0 Å². The van der Waals surface area contributed by atoms with Gasteiger partial charge in [-0.1, -0.05) is 20.8 Å². The molecular weight excluding hydrogens is 351 g/mol. The lowest BCUT2D eigenvalue weighted by Gasteiger charge is -2.13. The van der Waals surface area contributed by atoms with E-state index < -0.39 is 34.5 Å². The molecular formula is C13H13BF8S. The van der Waals surface area contributed by atoms with E-state index in [1.807, 2.05) is 0 Å². The van der Waals surface area contributed by atoms with Gasteiger partial charge in [-0.2, -0.15) is 0 Å². The minimum Gasteiger partial charge on any atom is -0.418 e. The van der Waals surface area contributed by atoms with Gasteiger partial charge >= 0.3 is 12.8 Å². The van der Waals surface area contributed by atoms with E-state index in [9.17, 15) is 34.8 Å². The minimum atomic E-state index is -6.00. The molecule has 0 saturated carbocycles. The summed E-state index contributed by atoms with van der Waals surface area (Å²) >= 11 is 0. The van der Waals surface area contributed by atoms with Gasteiger partial charge in [0.2, 0.25) is 0 Å². The number of rotatable bonds is 0. The van der Waals surface area contributed by atoms with Crippen LogP contribution < -0.4 is 0 Å². The van der Waals surface area contributed by atoms with Crippen LogP contribution in [0.5, 0.6) is 0 Å². The molecule has 0 radical (unpaired) electrons. The van der Waals surface area contributed by atoms with E-state index in [1.165, 1.54) is 12.1 Å². The number of benzene rings is 1. The van der Waals surface area contributed by atoms with Crippen LogP contribution in [-0.4, -0.2) is 7.25 Å². The van der Waals surface area contributed by atoms with Crippen LogP contribution in [0.4, 0.5) is 34.8 Å². The summed E-state index contributed by atoms with van der Waals surface area (Å²) in [4.78, 5) is 0.315. The van der Waals surface area contributed by atoms with E-state index in [4.69, 9.17) is 0 Å². The summed E-state index contributed by atoms with van der Waals surface area (Å²) in [6.45, 7) is 5.23. The van der Waals surface area contributed by atoms with E-state index in [2.05, 4.69) is 0 Å². The maximum absolute atomic E-state index is 13.2. The van der Waals surface area contributed by atoms with E-state index in [0.29, 0.717) is 10.3 Å². The third-order valence-electron chi connectivity index (χ3n) is 2.67. The van der Waals surface area contributed by atoms with Crippen LogP contribution in [0.25, 0.3) is 10.1 Å². The molecule has 1 unspecified atom stereocenters. The Morgan fingerprint density at radius 2 is 1.39 bits per heavy atom. The fourth-order valence-electron chi connectivity index (χ4n) is 1.89. The maximum Gasteiger partial charge on any atom is 0.673 e.